The summed E-state index contributed by atoms with van der Waals surface area (Å²) >= 11 is 0.604. The van der Waals surface area contributed by atoms with Crippen LogP contribution in [0.3, 0.4) is 0 Å². The normalized spacial score (nSPS) is 12.6. The van der Waals surface area contributed by atoms with Crippen molar-refractivity contribution in [2.24, 2.45) is 0 Å². The molecular weight excluding hydrogens is 274 g/mol. The van der Waals surface area contributed by atoms with Gasteiger partial charge in [0.2, 0.25) is 11.0 Å². The van der Waals surface area contributed by atoms with E-state index in [4.69, 9.17) is 10.2 Å². The van der Waals surface area contributed by atoms with Gasteiger partial charge >= 0.3 is 11.9 Å². The average Bonchev–Trinajstić information content (AvgIpc) is 2.22. The summed E-state index contributed by atoms with van der Waals surface area (Å²) in [6.45, 7) is 4.50. The van der Waals surface area contributed by atoms with Crippen LogP contribution in [-0.2, 0) is 19.2 Å². The van der Waals surface area contributed by atoms with Crippen LogP contribution in [0.1, 0.15) is 33.6 Å². The zero-order chi connectivity index (χ0) is 15.2. The van der Waals surface area contributed by atoms with Crippen molar-refractivity contribution in [1.29, 1.82) is 0 Å². The van der Waals surface area contributed by atoms with E-state index >= 15 is 0 Å². The van der Waals surface area contributed by atoms with Crippen LogP contribution < -0.4 is 5.32 Å². The molecule has 19 heavy (non-hydrogen) atoms. The summed E-state index contributed by atoms with van der Waals surface area (Å²) in [5.74, 6) is -3.01. The molecule has 0 saturated heterocycles. The van der Waals surface area contributed by atoms with E-state index in [1.165, 1.54) is 13.8 Å². The van der Waals surface area contributed by atoms with Crippen LogP contribution in [0.5, 0.6) is 0 Å². The molecule has 0 heterocycles. The summed E-state index contributed by atoms with van der Waals surface area (Å²) in [5.41, 5.74) is 0. The second kappa shape index (κ2) is 7.13. The van der Waals surface area contributed by atoms with Crippen molar-refractivity contribution in [3.63, 3.8) is 0 Å². The van der Waals surface area contributed by atoms with E-state index in [2.05, 4.69) is 5.32 Å². The highest BCUT2D eigenvalue weighted by Crippen LogP contribution is 2.30. The fraction of sp³-hybridized carbons (Fsp3) is 0.636. The van der Waals surface area contributed by atoms with E-state index in [1.807, 2.05) is 0 Å². The van der Waals surface area contributed by atoms with Gasteiger partial charge in [-0.3, -0.25) is 14.4 Å². The highest BCUT2D eigenvalue weighted by atomic mass is 32.2. The molecule has 0 aromatic rings. The Morgan fingerprint density at radius 3 is 2.11 bits per heavy atom. The molecule has 0 aliphatic carbocycles. The Morgan fingerprint density at radius 1 is 1.21 bits per heavy atom. The molecule has 108 valence electrons. The van der Waals surface area contributed by atoms with Gasteiger partial charge in [0, 0.05) is 11.2 Å². The number of aliphatic carboxylic acids is 2. The molecule has 0 fully saturated rings. The molecule has 0 aromatic heterocycles. The van der Waals surface area contributed by atoms with E-state index in [0.29, 0.717) is 11.8 Å². The van der Waals surface area contributed by atoms with Crippen molar-refractivity contribution in [2.75, 3.05) is 0 Å². The average molecular weight is 291 g/mol. The summed E-state index contributed by atoms with van der Waals surface area (Å²) in [6, 6.07) is -1.28. The van der Waals surface area contributed by atoms with Crippen LogP contribution >= 0.6 is 11.8 Å². The fourth-order valence-electron chi connectivity index (χ4n) is 1.31. The molecule has 0 saturated carbocycles. The first-order chi connectivity index (χ1) is 8.60. The number of carboxylic acids is 2. The first-order valence-electron chi connectivity index (χ1n) is 5.56. The Morgan fingerprint density at radius 2 is 1.74 bits per heavy atom. The lowest BCUT2D eigenvalue weighted by atomic mass is 10.0. The Labute approximate surface area is 114 Å². The van der Waals surface area contributed by atoms with Crippen molar-refractivity contribution in [3.8, 4) is 0 Å². The van der Waals surface area contributed by atoms with Gasteiger partial charge in [0.25, 0.3) is 0 Å². The first kappa shape index (κ1) is 17.4. The smallest absolute Gasteiger partial charge is 0.327 e. The standard InChI is InChI=1S/C11H17NO6S/c1-4-6(13)12-9(10(17)18)11(2,3)19-8(16)5-7(14)15/h9H,4-5H2,1-3H3,(H,12,13)(H,14,15)(H,17,18)/t9-/m1/s1. The monoisotopic (exact) mass is 291 g/mol. The van der Waals surface area contributed by atoms with Crippen LogP contribution in [0.25, 0.3) is 0 Å². The molecule has 8 heteroatoms. The van der Waals surface area contributed by atoms with Crippen molar-refractivity contribution < 1.29 is 29.4 Å². The number of thioether (sulfide) groups is 1. The fourth-order valence-corrected chi connectivity index (χ4v) is 2.37. The quantitative estimate of drug-likeness (QED) is 0.583. The third-order valence-electron chi connectivity index (χ3n) is 2.24. The number of amides is 1. The van der Waals surface area contributed by atoms with Gasteiger partial charge in [-0.2, -0.15) is 0 Å². The summed E-state index contributed by atoms with van der Waals surface area (Å²) in [7, 11) is 0. The minimum absolute atomic E-state index is 0.119. The third-order valence-corrected chi connectivity index (χ3v) is 3.37. The molecule has 0 bridgehead atoms. The topological polar surface area (TPSA) is 121 Å². The van der Waals surface area contributed by atoms with Crippen LogP contribution in [0.4, 0.5) is 0 Å². The molecule has 3 N–H and O–H groups in total. The van der Waals surface area contributed by atoms with Gasteiger partial charge in [-0.15, -0.1) is 0 Å². The highest BCUT2D eigenvalue weighted by molar-refractivity contribution is 8.14. The van der Waals surface area contributed by atoms with Gasteiger partial charge in [0.15, 0.2) is 0 Å². The predicted molar refractivity (Wildman–Crippen MR) is 68.8 cm³/mol. The van der Waals surface area contributed by atoms with E-state index in [1.54, 1.807) is 6.92 Å². The lowest BCUT2D eigenvalue weighted by molar-refractivity contribution is -0.142. The number of rotatable bonds is 7. The van der Waals surface area contributed by atoms with Crippen molar-refractivity contribution in [2.45, 2.75) is 44.4 Å². The number of carbonyl (C=O) groups is 4. The number of carboxylic acid groups (broad SMARTS) is 2. The maximum Gasteiger partial charge on any atom is 0.327 e. The second-order valence-corrected chi connectivity index (χ2v) is 6.05. The van der Waals surface area contributed by atoms with Crippen molar-refractivity contribution >= 4 is 34.7 Å². The predicted octanol–water partition coefficient (Wildman–Crippen LogP) is 0.479. The summed E-state index contributed by atoms with van der Waals surface area (Å²) in [4.78, 5) is 44.3. The van der Waals surface area contributed by atoms with Gasteiger partial charge in [0.05, 0.1) is 0 Å². The van der Waals surface area contributed by atoms with Crippen LogP contribution in [0.15, 0.2) is 0 Å². The van der Waals surface area contributed by atoms with Gasteiger partial charge in [-0.1, -0.05) is 18.7 Å². The molecule has 7 nitrogen and oxygen atoms in total. The Kier molecular flexibility index (Phi) is 6.54. The highest BCUT2D eigenvalue weighted by Gasteiger charge is 2.39. The molecule has 0 unspecified atom stereocenters. The lowest BCUT2D eigenvalue weighted by Gasteiger charge is -2.30. The maximum absolute atomic E-state index is 11.4. The zero-order valence-corrected chi connectivity index (χ0v) is 11.7. The minimum Gasteiger partial charge on any atom is -0.481 e. The Bertz CT molecular complexity index is 393. The minimum atomic E-state index is -1.28. The maximum atomic E-state index is 11.4. The molecule has 0 rings (SSSR count). The Balaban J connectivity index is 4.88. The molecule has 1 amide bonds. The molecule has 0 aromatic carbocycles. The summed E-state index contributed by atoms with van der Waals surface area (Å²) in [5, 5.41) is 19.2. The summed E-state index contributed by atoms with van der Waals surface area (Å²) in [6.07, 6.45) is -0.574. The number of nitrogens with one attached hydrogen (secondary N) is 1. The Hall–Kier alpha value is -1.57. The van der Waals surface area contributed by atoms with Crippen LogP contribution in [0, 0.1) is 0 Å². The first-order valence-corrected chi connectivity index (χ1v) is 6.37. The van der Waals surface area contributed by atoms with E-state index < -0.39 is 40.2 Å². The molecule has 0 radical (unpaired) electrons. The van der Waals surface area contributed by atoms with Gasteiger partial charge in [-0.25, -0.2) is 4.79 Å². The summed E-state index contributed by atoms with van der Waals surface area (Å²) < 4.78 is -1.15. The number of hydrogen-bond acceptors (Lipinski definition) is 5. The van der Waals surface area contributed by atoms with Crippen molar-refractivity contribution in [3.05, 3.63) is 0 Å². The zero-order valence-electron chi connectivity index (χ0n) is 10.9. The largest absolute Gasteiger partial charge is 0.481 e. The molecule has 0 spiro atoms. The van der Waals surface area contributed by atoms with E-state index in [9.17, 15) is 19.2 Å². The van der Waals surface area contributed by atoms with Gasteiger partial charge in [0.1, 0.15) is 12.5 Å². The van der Waals surface area contributed by atoms with Crippen molar-refractivity contribution in [1.82, 2.24) is 5.32 Å². The molecule has 0 aliphatic rings. The second-order valence-electron chi connectivity index (χ2n) is 4.34. The molecule has 0 aliphatic heterocycles. The van der Waals surface area contributed by atoms with Crippen LogP contribution in [-0.4, -0.2) is 44.0 Å². The van der Waals surface area contributed by atoms with Gasteiger partial charge in [-0.05, 0) is 13.8 Å². The number of carbonyl (C=O) groups excluding carboxylic acids is 2. The van der Waals surface area contributed by atoms with E-state index in [-0.39, 0.29) is 6.42 Å². The van der Waals surface area contributed by atoms with E-state index in [0.717, 1.165) is 0 Å². The van der Waals surface area contributed by atoms with Gasteiger partial charge < -0.3 is 15.5 Å². The third kappa shape index (κ3) is 6.23. The molecule has 1 atom stereocenters. The lowest BCUT2D eigenvalue weighted by Crippen LogP contribution is -2.52. The number of hydrogen-bond donors (Lipinski definition) is 3. The van der Waals surface area contributed by atoms with Crippen LogP contribution in [0.2, 0.25) is 0 Å². The molecular formula is C11H17NO6S. The SMILES string of the molecule is CCC(=O)N[C@H](C(=O)O)C(C)(C)SC(=O)CC(=O)O.